The van der Waals surface area contributed by atoms with Gasteiger partial charge in [-0.05, 0) is 11.7 Å². The summed E-state index contributed by atoms with van der Waals surface area (Å²) < 4.78 is 0. The Morgan fingerprint density at radius 1 is 1.78 bits per heavy atom. The van der Waals surface area contributed by atoms with Gasteiger partial charge in [0.15, 0.2) is 0 Å². The van der Waals surface area contributed by atoms with Crippen molar-refractivity contribution in [3.05, 3.63) is 0 Å². The summed E-state index contributed by atoms with van der Waals surface area (Å²) in [6, 6.07) is 0. The van der Waals surface area contributed by atoms with E-state index in [2.05, 4.69) is 12.6 Å². The second kappa shape index (κ2) is 4.94. The van der Waals surface area contributed by atoms with Gasteiger partial charge in [0.05, 0.1) is 6.42 Å². The van der Waals surface area contributed by atoms with Gasteiger partial charge in [0.2, 0.25) is 0 Å². The largest absolute Gasteiger partial charge is 0.481 e. The molecule has 0 bridgehead atoms. The first-order valence-electron chi connectivity index (χ1n) is 2.59. The van der Waals surface area contributed by atoms with Crippen molar-refractivity contribution in [1.29, 1.82) is 0 Å². The number of hydrogen-bond donors (Lipinski definition) is 2. The summed E-state index contributed by atoms with van der Waals surface area (Å²) in [6.07, 6.45) is 0.118. The maximum Gasteiger partial charge on any atom is 0.303 e. The third-order valence-corrected chi connectivity index (χ3v) is 1.89. The molecule has 0 aromatic heterocycles. The summed E-state index contributed by atoms with van der Waals surface area (Å²) in [7, 11) is 0. The van der Waals surface area contributed by atoms with Gasteiger partial charge in [-0.3, -0.25) is 4.79 Å². The normalized spacial score (nSPS) is 13.1. The van der Waals surface area contributed by atoms with Gasteiger partial charge in [-0.2, -0.15) is 12.6 Å². The smallest absolute Gasteiger partial charge is 0.303 e. The lowest BCUT2D eigenvalue weighted by molar-refractivity contribution is -0.137. The molecule has 0 amide bonds. The van der Waals surface area contributed by atoms with E-state index in [9.17, 15) is 4.79 Å². The number of thiol groups is 1. The number of aliphatic carboxylic acids is 1. The van der Waals surface area contributed by atoms with Gasteiger partial charge in [-0.1, -0.05) is 0 Å². The predicted molar refractivity (Wildman–Crippen MR) is 40.3 cm³/mol. The van der Waals surface area contributed by atoms with Gasteiger partial charge in [0.25, 0.3) is 0 Å². The van der Waals surface area contributed by atoms with Crippen LogP contribution in [0.3, 0.4) is 0 Å². The molecule has 1 unspecified atom stereocenters. The Morgan fingerprint density at radius 2 is 2.33 bits per heavy atom. The lowest BCUT2D eigenvalue weighted by atomic mass is 10.1. The standard InChI is InChI=1S/C5H9ClO2S/c6-2-4(3-9)1-5(7)8/h4,9H,1-3H2,(H,7,8). The molecular weight excluding hydrogens is 160 g/mol. The van der Waals surface area contributed by atoms with Gasteiger partial charge in [0.1, 0.15) is 0 Å². The van der Waals surface area contributed by atoms with E-state index in [1.807, 2.05) is 0 Å². The van der Waals surface area contributed by atoms with E-state index in [1.165, 1.54) is 0 Å². The third-order valence-electron chi connectivity index (χ3n) is 0.940. The molecule has 0 aliphatic carbocycles. The molecule has 0 spiro atoms. The summed E-state index contributed by atoms with van der Waals surface area (Å²) in [5.74, 6) is 0.105. The number of carboxylic acid groups (broad SMARTS) is 1. The molecule has 2 nitrogen and oxygen atoms in total. The zero-order chi connectivity index (χ0) is 7.28. The third kappa shape index (κ3) is 4.60. The van der Waals surface area contributed by atoms with Crippen molar-refractivity contribution in [2.75, 3.05) is 11.6 Å². The highest BCUT2D eigenvalue weighted by Crippen LogP contribution is 2.06. The molecule has 1 N–H and O–H groups in total. The Bertz CT molecular complexity index is 93.0. The van der Waals surface area contributed by atoms with Gasteiger partial charge in [-0.25, -0.2) is 0 Å². The number of carboxylic acids is 1. The van der Waals surface area contributed by atoms with Gasteiger partial charge in [0, 0.05) is 5.88 Å². The SMILES string of the molecule is O=C(O)CC(CS)CCl. The zero-order valence-corrected chi connectivity index (χ0v) is 6.53. The van der Waals surface area contributed by atoms with Crippen LogP contribution in [0.4, 0.5) is 0 Å². The summed E-state index contributed by atoms with van der Waals surface area (Å²) in [5.41, 5.74) is 0. The Balaban J connectivity index is 3.43. The van der Waals surface area contributed by atoms with E-state index in [0.717, 1.165) is 0 Å². The molecule has 0 aliphatic heterocycles. The van der Waals surface area contributed by atoms with Crippen molar-refractivity contribution in [3.8, 4) is 0 Å². The predicted octanol–water partition coefficient (Wildman–Crippen LogP) is 1.25. The van der Waals surface area contributed by atoms with Crippen LogP contribution in [0.1, 0.15) is 6.42 Å². The Morgan fingerprint density at radius 3 is 2.44 bits per heavy atom. The van der Waals surface area contributed by atoms with Crippen molar-refractivity contribution < 1.29 is 9.90 Å². The molecule has 0 saturated heterocycles. The molecule has 54 valence electrons. The molecule has 4 heteroatoms. The van der Waals surface area contributed by atoms with Crippen molar-refractivity contribution in [2.45, 2.75) is 6.42 Å². The fraction of sp³-hybridized carbons (Fsp3) is 0.800. The van der Waals surface area contributed by atoms with Crippen molar-refractivity contribution >= 4 is 30.2 Å². The fourth-order valence-electron chi connectivity index (χ4n) is 0.415. The average molecular weight is 169 g/mol. The second-order valence-corrected chi connectivity index (χ2v) is 2.47. The van der Waals surface area contributed by atoms with E-state index >= 15 is 0 Å². The van der Waals surface area contributed by atoms with Crippen LogP contribution in [0.2, 0.25) is 0 Å². The Hall–Kier alpha value is 0.110. The van der Waals surface area contributed by atoms with Gasteiger partial charge in [-0.15, -0.1) is 11.6 Å². The number of carbonyl (C=O) groups is 1. The molecular formula is C5H9ClO2S. The first kappa shape index (κ1) is 9.11. The topological polar surface area (TPSA) is 37.3 Å². The summed E-state index contributed by atoms with van der Waals surface area (Å²) >= 11 is 9.32. The highest BCUT2D eigenvalue weighted by molar-refractivity contribution is 7.80. The molecule has 0 heterocycles. The average Bonchev–Trinajstić information content (AvgIpc) is 1.82. The monoisotopic (exact) mass is 168 g/mol. The van der Waals surface area contributed by atoms with E-state index in [-0.39, 0.29) is 12.3 Å². The quantitative estimate of drug-likeness (QED) is 0.490. The van der Waals surface area contributed by atoms with Crippen LogP contribution in [0.25, 0.3) is 0 Å². The Labute approximate surface area is 64.6 Å². The van der Waals surface area contributed by atoms with Crippen LogP contribution >= 0.6 is 24.2 Å². The zero-order valence-electron chi connectivity index (χ0n) is 4.88. The fourth-order valence-corrected chi connectivity index (χ4v) is 1.04. The first-order chi connectivity index (χ1) is 4.20. The van der Waals surface area contributed by atoms with Crippen LogP contribution in [-0.2, 0) is 4.79 Å². The van der Waals surface area contributed by atoms with Gasteiger partial charge < -0.3 is 5.11 Å². The molecule has 9 heavy (non-hydrogen) atoms. The highest BCUT2D eigenvalue weighted by atomic mass is 35.5. The summed E-state index contributed by atoms with van der Waals surface area (Å²) in [5, 5.41) is 8.25. The molecule has 1 atom stereocenters. The molecule has 0 radical (unpaired) electrons. The van der Waals surface area contributed by atoms with E-state index in [4.69, 9.17) is 16.7 Å². The van der Waals surface area contributed by atoms with Crippen LogP contribution in [0.15, 0.2) is 0 Å². The summed E-state index contributed by atoms with van der Waals surface area (Å²) in [4.78, 5) is 10.0. The molecule has 0 rings (SSSR count). The van der Waals surface area contributed by atoms with Gasteiger partial charge >= 0.3 is 5.97 Å². The number of halogens is 1. The lowest BCUT2D eigenvalue weighted by Crippen LogP contribution is -2.10. The van der Waals surface area contributed by atoms with E-state index in [1.54, 1.807) is 0 Å². The van der Waals surface area contributed by atoms with Crippen LogP contribution in [-0.4, -0.2) is 22.7 Å². The molecule has 0 aliphatic rings. The molecule has 0 saturated carbocycles. The van der Waals surface area contributed by atoms with Crippen molar-refractivity contribution in [2.24, 2.45) is 5.92 Å². The minimum atomic E-state index is -0.810. The first-order valence-corrected chi connectivity index (χ1v) is 3.76. The Kier molecular flexibility index (Phi) is 5.00. The second-order valence-electron chi connectivity index (χ2n) is 1.80. The van der Waals surface area contributed by atoms with Crippen LogP contribution in [0.5, 0.6) is 0 Å². The number of rotatable bonds is 4. The maximum absolute atomic E-state index is 10.0. The minimum absolute atomic E-state index is 0.00694. The molecule has 0 fully saturated rings. The number of hydrogen-bond acceptors (Lipinski definition) is 2. The highest BCUT2D eigenvalue weighted by Gasteiger charge is 2.08. The van der Waals surface area contributed by atoms with E-state index in [0.29, 0.717) is 11.6 Å². The molecule has 0 aromatic carbocycles. The molecule has 0 aromatic rings. The maximum atomic E-state index is 10.0. The lowest BCUT2D eigenvalue weighted by Gasteiger charge is -2.04. The van der Waals surface area contributed by atoms with Crippen molar-refractivity contribution in [1.82, 2.24) is 0 Å². The summed E-state index contributed by atoms with van der Waals surface area (Å²) in [6.45, 7) is 0. The number of alkyl halides is 1. The van der Waals surface area contributed by atoms with Crippen LogP contribution < -0.4 is 0 Å². The minimum Gasteiger partial charge on any atom is -0.481 e. The van der Waals surface area contributed by atoms with E-state index < -0.39 is 5.97 Å². The van der Waals surface area contributed by atoms with Crippen molar-refractivity contribution in [3.63, 3.8) is 0 Å². The van der Waals surface area contributed by atoms with Crippen LogP contribution in [0, 0.1) is 5.92 Å².